The Morgan fingerprint density at radius 3 is 2.04 bits per heavy atom. The molecule has 0 unspecified atom stereocenters. The van der Waals surface area contributed by atoms with Crippen molar-refractivity contribution in [3.63, 3.8) is 0 Å². The van der Waals surface area contributed by atoms with Gasteiger partial charge in [0.25, 0.3) is 5.91 Å². The highest BCUT2D eigenvalue weighted by molar-refractivity contribution is 5.98. The summed E-state index contributed by atoms with van der Waals surface area (Å²) in [5.74, 6) is -1.77. The zero-order chi connectivity index (χ0) is 17.7. The van der Waals surface area contributed by atoms with Crippen LogP contribution in [0.4, 0.5) is 10.1 Å². The van der Waals surface area contributed by atoms with Gasteiger partial charge in [-0.1, -0.05) is 0 Å². The molecule has 1 amide bonds. The summed E-state index contributed by atoms with van der Waals surface area (Å²) in [5, 5.41) is 2.59. The van der Waals surface area contributed by atoms with Gasteiger partial charge in [0.15, 0.2) is 11.9 Å². The quantitative estimate of drug-likeness (QED) is 0.675. The number of hydrogen-bond acceptors (Lipinski definition) is 4. The zero-order valence-electron chi connectivity index (χ0n) is 13.2. The Labute approximate surface area is 138 Å². The molecule has 24 heavy (non-hydrogen) atoms. The lowest BCUT2D eigenvalue weighted by molar-refractivity contribution is -0.123. The summed E-state index contributed by atoms with van der Waals surface area (Å²) in [6.45, 7) is 2.88. The molecule has 0 saturated carbocycles. The summed E-state index contributed by atoms with van der Waals surface area (Å²) in [6.07, 6.45) is -1.03. The Morgan fingerprint density at radius 1 is 0.958 bits per heavy atom. The Morgan fingerprint density at radius 2 is 1.50 bits per heavy atom. The predicted molar refractivity (Wildman–Crippen MR) is 86.4 cm³/mol. The van der Waals surface area contributed by atoms with Crippen LogP contribution in [0.15, 0.2) is 48.5 Å². The number of halogens is 1. The third kappa shape index (κ3) is 4.49. The van der Waals surface area contributed by atoms with Crippen LogP contribution in [-0.2, 0) is 9.53 Å². The van der Waals surface area contributed by atoms with E-state index in [1.807, 2.05) is 0 Å². The van der Waals surface area contributed by atoms with Crippen molar-refractivity contribution < 1.29 is 23.5 Å². The van der Waals surface area contributed by atoms with Crippen LogP contribution in [0.2, 0.25) is 0 Å². The molecule has 0 aliphatic carbocycles. The molecular weight excluding hydrogens is 313 g/mol. The molecule has 0 spiro atoms. The monoisotopic (exact) mass is 329 g/mol. The molecule has 2 rings (SSSR count). The normalized spacial score (nSPS) is 11.5. The lowest BCUT2D eigenvalue weighted by atomic mass is 10.1. The van der Waals surface area contributed by atoms with Crippen molar-refractivity contribution in [1.29, 1.82) is 0 Å². The molecule has 0 aromatic heterocycles. The van der Waals surface area contributed by atoms with Gasteiger partial charge in [-0.25, -0.2) is 9.18 Å². The smallest absolute Gasteiger partial charge is 0.338 e. The van der Waals surface area contributed by atoms with Crippen LogP contribution in [0, 0.1) is 5.82 Å². The predicted octanol–water partition coefficient (Wildman–Crippen LogP) is 3.21. The first-order chi connectivity index (χ1) is 11.4. The first-order valence-electron chi connectivity index (χ1n) is 7.25. The van der Waals surface area contributed by atoms with Gasteiger partial charge in [0.1, 0.15) is 5.82 Å². The molecular formula is C18H16FNO4. The lowest BCUT2D eigenvalue weighted by Crippen LogP contribution is -2.30. The van der Waals surface area contributed by atoms with Crippen LogP contribution in [0.1, 0.15) is 34.6 Å². The summed E-state index contributed by atoms with van der Waals surface area (Å²) in [6, 6.07) is 11.2. The van der Waals surface area contributed by atoms with Gasteiger partial charge in [-0.3, -0.25) is 9.59 Å². The Bertz CT molecular complexity index is 754. The minimum atomic E-state index is -1.03. The van der Waals surface area contributed by atoms with Crippen LogP contribution in [0.5, 0.6) is 0 Å². The summed E-state index contributed by atoms with van der Waals surface area (Å²) in [4.78, 5) is 35.1. The number of amides is 1. The van der Waals surface area contributed by atoms with E-state index in [9.17, 15) is 18.8 Å². The third-order valence-corrected chi connectivity index (χ3v) is 3.29. The van der Waals surface area contributed by atoms with E-state index >= 15 is 0 Å². The minimum Gasteiger partial charge on any atom is -0.449 e. The molecule has 5 nitrogen and oxygen atoms in total. The number of carbonyl (C=O) groups is 3. The molecule has 2 aromatic rings. The van der Waals surface area contributed by atoms with Crippen molar-refractivity contribution in [2.45, 2.75) is 20.0 Å². The van der Waals surface area contributed by atoms with Crippen molar-refractivity contribution in [3.8, 4) is 0 Å². The molecule has 0 radical (unpaired) electrons. The molecule has 0 aliphatic rings. The van der Waals surface area contributed by atoms with Crippen LogP contribution in [-0.4, -0.2) is 23.8 Å². The number of ether oxygens (including phenoxy) is 1. The van der Waals surface area contributed by atoms with Crippen molar-refractivity contribution in [1.82, 2.24) is 0 Å². The average molecular weight is 329 g/mol. The van der Waals surface area contributed by atoms with Gasteiger partial charge in [0.2, 0.25) is 0 Å². The lowest BCUT2D eigenvalue weighted by Gasteiger charge is -2.13. The second kappa shape index (κ2) is 7.50. The molecule has 0 bridgehead atoms. The van der Waals surface area contributed by atoms with Crippen molar-refractivity contribution in [2.24, 2.45) is 0 Å². The molecule has 0 fully saturated rings. The minimum absolute atomic E-state index is 0.0746. The van der Waals surface area contributed by atoms with E-state index in [0.29, 0.717) is 11.3 Å². The highest BCUT2D eigenvalue weighted by Crippen LogP contribution is 2.12. The fourth-order valence-electron chi connectivity index (χ4n) is 1.90. The fourth-order valence-corrected chi connectivity index (χ4v) is 1.90. The van der Waals surface area contributed by atoms with E-state index in [1.54, 1.807) is 24.3 Å². The molecule has 124 valence electrons. The topological polar surface area (TPSA) is 72.5 Å². The van der Waals surface area contributed by atoms with Crippen LogP contribution in [0.25, 0.3) is 0 Å². The number of hydrogen-bond donors (Lipinski definition) is 1. The highest BCUT2D eigenvalue weighted by Gasteiger charge is 2.19. The number of esters is 1. The van der Waals surface area contributed by atoms with Crippen molar-refractivity contribution in [2.75, 3.05) is 5.32 Å². The third-order valence-electron chi connectivity index (χ3n) is 3.29. The van der Waals surface area contributed by atoms with E-state index in [1.165, 1.54) is 26.0 Å². The van der Waals surface area contributed by atoms with E-state index in [2.05, 4.69) is 5.32 Å². The summed E-state index contributed by atoms with van der Waals surface area (Å²) in [5.41, 5.74) is 1.17. The van der Waals surface area contributed by atoms with Crippen LogP contribution < -0.4 is 5.32 Å². The molecule has 0 heterocycles. The second-order valence-electron chi connectivity index (χ2n) is 5.18. The van der Waals surface area contributed by atoms with Gasteiger partial charge in [-0.15, -0.1) is 0 Å². The van der Waals surface area contributed by atoms with E-state index < -0.39 is 23.8 Å². The van der Waals surface area contributed by atoms with Gasteiger partial charge in [0, 0.05) is 11.3 Å². The standard InChI is InChI=1S/C18H16FNO4/c1-11(21)13-5-9-16(10-6-13)20-17(22)12(2)24-18(23)14-3-7-15(19)8-4-14/h3-10,12H,1-2H3,(H,20,22)/t12-/m0/s1. The van der Waals surface area contributed by atoms with Gasteiger partial charge < -0.3 is 10.1 Å². The first kappa shape index (κ1) is 17.3. The Kier molecular flexibility index (Phi) is 5.42. The SMILES string of the molecule is CC(=O)c1ccc(NC(=O)[C@H](C)OC(=O)c2ccc(F)cc2)cc1. The molecule has 2 aromatic carbocycles. The summed E-state index contributed by atoms with van der Waals surface area (Å²) < 4.78 is 17.9. The maximum Gasteiger partial charge on any atom is 0.338 e. The number of benzene rings is 2. The van der Waals surface area contributed by atoms with Gasteiger partial charge >= 0.3 is 5.97 Å². The average Bonchev–Trinajstić information content (AvgIpc) is 2.55. The van der Waals surface area contributed by atoms with Gasteiger partial charge in [0.05, 0.1) is 5.56 Å². The second-order valence-corrected chi connectivity index (χ2v) is 5.18. The molecule has 6 heteroatoms. The largest absolute Gasteiger partial charge is 0.449 e. The van der Waals surface area contributed by atoms with E-state index in [-0.39, 0.29) is 11.3 Å². The van der Waals surface area contributed by atoms with E-state index in [4.69, 9.17) is 4.74 Å². The first-order valence-corrected chi connectivity index (χ1v) is 7.25. The van der Waals surface area contributed by atoms with Crippen molar-refractivity contribution >= 4 is 23.3 Å². The summed E-state index contributed by atoms with van der Waals surface area (Å²) in [7, 11) is 0. The fraction of sp³-hybridized carbons (Fsp3) is 0.167. The number of carbonyl (C=O) groups excluding carboxylic acids is 3. The maximum absolute atomic E-state index is 12.8. The zero-order valence-corrected chi connectivity index (χ0v) is 13.2. The highest BCUT2D eigenvalue weighted by atomic mass is 19.1. The van der Waals surface area contributed by atoms with Gasteiger partial charge in [-0.05, 0) is 62.4 Å². The van der Waals surface area contributed by atoms with Crippen LogP contribution in [0.3, 0.4) is 0 Å². The van der Waals surface area contributed by atoms with Crippen LogP contribution >= 0.6 is 0 Å². The number of rotatable bonds is 5. The Hall–Kier alpha value is -3.02. The molecule has 1 N–H and O–H groups in total. The molecule has 1 atom stereocenters. The number of anilines is 1. The maximum atomic E-state index is 12.8. The number of Topliss-reactive ketones (excluding diaryl/α,β-unsaturated/α-hetero) is 1. The van der Waals surface area contributed by atoms with Gasteiger partial charge in [-0.2, -0.15) is 0 Å². The number of nitrogens with one attached hydrogen (secondary N) is 1. The number of ketones is 1. The molecule has 0 saturated heterocycles. The van der Waals surface area contributed by atoms with Crippen molar-refractivity contribution in [3.05, 3.63) is 65.5 Å². The van der Waals surface area contributed by atoms with E-state index in [0.717, 1.165) is 12.1 Å². The summed E-state index contributed by atoms with van der Waals surface area (Å²) >= 11 is 0. The Balaban J connectivity index is 1.95. The molecule has 0 aliphatic heterocycles.